The number of hydrogen-bond donors (Lipinski definition) is 2. The van der Waals surface area contributed by atoms with E-state index in [2.05, 4.69) is 80.8 Å². The molecule has 0 bridgehead atoms. The van der Waals surface area contributed by atoms with E-state index in [-0.39, 0.29) is 5.91 Å². The predicted molar refractivity (Wildman–Crippen MR) is 134 cm³/mol. The number of aromatic nitrogens is 1. The monoisotopic (exact) mass is 436 g/mol. The van der Waals surface area contributed by atoms with Gasteiger partial charge in [0.15, 0.2) is 0 Å². The maximum absolute atomic E-state index is 12.4. The van der Waals surface area contributed by atoms with Crippen molar-refractivity contribution in [1.82, 2.24) is 15.2 Å². The van der Waals surface area contributed by atoms with Crippen molar-refractivity contribution in [2.24, 2.45) is 0 Å². The number of anilines is 1. The Bertz CT molecular complexity index is 1280. The third-order valence-corrected chi connectivity index (χ3v) is 6.98. The van der Waals surface area contributed by atoms with Crippen LogP contribution in [0, 0.1) is 0 Å². The maximum atomic E-state index is 12.4. The van der Waals surface area contributed by atoms with Crippen LogP contribution in [0.15, 0.2) is 72.8 Å². The number of benzene rings is 3. The summed E-state index contributed by atoms with van der Waals surface area (Å²) in [5.41, 5.74) is 8.01. The van der Waals surface area contributed by atoms with Crippen LogP contribution in [0.2, 0.25) is 0 Å². The highest BCUT2D eigenvalue weighted by Crippen LogP contribution is 2.34. The summed E-state index contributed by atoms with van der Waals surface area (Å²) in [6.07, 6.45) is 0.837. The van der Waals surface area contributed by atoms with Gasteiger partial charge < -0.3 is 15.2 Å². The normalized spacial score (nSPS) is 16.6. The molecule has 0 radical (unpaired) electrons. The summed E-state index contributed by atoms with van der Waals surface area (Å²) in [6.45, 7) is 5.93. The van der Waals surface area contributed by atoms with E-state index in [0.29, 0.717) is 6.54 Å². The largest absolute Gasteiger partial charge is 0.369 e. The van der Waals surface area contributed by atoms with Gasteiger partial charge in [0.1, 0.15) is 0 Å². The second kappa shape index (κ2) is 8.41. The smallest absolute Gasteiger partial charge is 0.251 e. The molecule has 166 valence electrons. The van der Waals surface area contributed by atoms with E-state index < -0.39 is 0 Å². The number of nitrogens with one attached hydrogen (secondary N) is 2. The van der Waals surface area contributed by atoms with Crippen molar-refractivity contribution < 1.29 is 4.79 Å². The van der Waals surface area contributed by atoms with Gasteiger partial charge >= 0.3 is 0 Å². The summed E-state index contributed by atoms with van der Waals surface area (Å²) in [7, 11) is 0. The molecule has 1 amide bonds. The molecule has 0 aliphatic carbocycles. The molecule has 5 nitrogen and oxygen atoms in total. The van der Waals surface area contributed by atoms with Gasteiger partial charge in [-0.1, -0.05) is 48.5 Å². The van der Waals surface area contributed by atoms with E-state index >= 15 is 0 Å². The highest BCUT2D eigenvalue weighted by atomic mass is 16.1. The summed E-state index contributed by atoms with van der Waals surface area (Å²) < 4.78 is 0. The number of rotatable bonds is 4. The quantitative estimate of drug-likeness (QED) is 0.497. The van der Waals surface area contributed by atoms with Gasteiger partial charge in [-0.25, -0.2) is 0 Å². The fourth-order valence-electron chi connectivity index (χ4n) is 5.24. The predicted octanol–water partition coefficient (Wildman–Crippen LogP) is 4.44. The van der Waals surface area contributed by atoms with Crippen LogP contribution in [0.3, 0.4) is 0 Å². The lowest BCUT2D eigenvalue weighted by Crippen LogP contribution is -2.45. The third-order valence-electron chi connectivity index (χ3n) is 6.98. The Labute approximate surface area is 194 Å². The second-order valence-electron chi connectivity index (χ2n) is 9.01. The van der Waals surface area contributed by atoms with Gasteiger partial charge in [0.05, 0.1) is 0 Å². The first-order valence-electron chi connectivity index (χ1n) is 11.8. The van der Waals surface area contributed by atoms with Gasteiger partial charge in [0.25, 0.3) is 5.91 Å². The van der Waals surface area contributed by atoms with Crippen LogP contribution in [-0.2, 0) is 13.0 Å². The lowest BCUT2D eigenvalue weighted by Gasteiger charge is -2.36. The van der Waals surface area contributed by atoms with Gasteiger partial charge in [-0.2, -0.15) is 0 Å². The lowest BCUT2D eigenvalue weighted by atomic mass is 10.00. The molecule has 0 saturated carbocycles. The summed E-state index contributed by atoms with van der Waals surface area (Å²) in [6, 6.07) is 25.6. The number of nitrogens with zero attached hydrogens (tertiary/aromatic N) is 2. The summed E-state index contributed by atoms with van der Waals surface area (Å²) in [5.74, 6) is 0.0201. The maximum Gasteiger partial charge on any atom is 0.251 e. The van der Waals surface area contributed by atoms with Crippen molar-refractivity contribution in [3.05, 3.63) is 89.5 Å². The Kier molecular flexibility index (Phi) is 5.11. The summed E-state index contributed by atoms with van der Waals surface area (Å²) >= 11 is 0. The minimum Gasteiger partial charge on any atom is -0.369 e. The van der Waals surface area contributed by atoms with E-state index in [4.69, 9.17) is 0 Å². The fourth-order valence-corrected chi connectivity index (χ4v) is 5.24. The molecule has 1 aromatic heterocycles. The van der Waals surface area contributed by atoms with Gasteiger partial charge in [0, 0.05) is 67.1 Å². The van der Waals surface area contributed by atoms with Crippen LogP contribution in [0.5, 0.6) is 0 Å². The van der Waals surface area contributed by atoms with Gasteiger partial charge in [-0.15, -0.1) is 0 Å². The Hall–Kier alpha value is -3.57. The topological polar surface area (TPSA) is 51.4 Å². The minimum atomic E-state index is 0.0201. The van der Waals surface area contributed by atoms with E-state index in [1.165, 1.54) is 22.4 Å². The number of piperazine rings is 1. The molecule has 6 rings (SSSR count). The Morgan fingerprint density at radius 1 is 0.818 bits per heavy atom. The Morgan fingerprint density at radius 3 is 2.39 bits per heavy atom. The first-order chi connectivity index (χ1) is 16.3. The zero-order chi connectivity index (χ0) is 22.2. The summed E-state index contributed by atoms with van der Waals surface area (Å²) in [4.78, 5) is 21.0. The van der Waals surface area contributed by atoms with Crippen molar-refractivity contribution in [1.29, 1.82) is 0 Å². The van der Waals surface area contributed by atoms with Gasteiger partial charge in [-0.05, 0) is 47.4 Å². The average Bonchev–Trinajstić information content (AvgIpc) is 3.15. The lowest BCUT2D eigenvalue weighted by molar-refractivity contribution is 0.0957. The molecule has 2 aliphatic heterocycles. The van der Waals surface area contributed by atoms with Gasteiger partial charge in [-0.3, -0.25) is 9.69 Å². The van der Waals surface area contributed by atoms with E-state index in [9.17, 15) is 4.79 Å². The first kappa shape index (κ1) is 20.1. The van der Waals surface area contributed by atoms with Crippen molar-refractivity contribution in [2.45, 2.75) is 13.0 Å². The third kappa shape index (κ3) is 3.79. The molecule has 5 heteroatoms. The second-order valence-corrected chi connectivity index (χ2v) is 9.01. The Morgan fingerprint density at radius 2 is 1.61 bits per heavy atom. The Balaban J connectivity index is 1.20. The highest BCUT2D eigenvalue weighted by molar-refractivity contribution is 6.10. The molecule has 2 aliphatic rings. The molecule has 1 saturated heterocycles. The molecule has 3 heterocycles. The van der Waals surface area contributed by atoms with Crippen molar-refractivity contribution in [3.63, 3.8) is 0 Å². The van der Waals surface area contributed by atoms with Crippen LogP contribution in [-0.4, -0.2) is 48.5 Å². The molecule has 1 fully saturated rings. The molecule has 0 atom stereocenters. The van der Waals surface area contributed by atoms with E-state index in [1.807, 2.05) is 12.1 Å². The average molecular weight is 437 g/mol. The zero-order valence-corrected chi connectivity index (χ0v) is 18.7. The number of H-pyrrole nitrogens is 1. The summed E-state index contributed by atoms with van der Waals surface area (Å²) in [5, 5.41) is 4.09. The molecular weight excluding hydrogens is 408 g/mol. The van der Waals surface area contributed by atoms with Gasteiger partial charge in [0.2, 0.25) is 0 Å². The number of carbonyl (C=O) groups excluding carboxylic acids is 1. The molecule has 2 N–H and O–H groups in total. The van der Waals surface area contributed by atoms with Crippen molar-refractivity contribution in [3.8, 4) is 11.3 Å². The molecule has 33 heavy (non-hydrogen) atoms. The fraction of sp³-hybridized carbons (Fsp3) is 0.250. The molecule has 0 unspecified atom stereocenters. The van der Waals surface area contributed by atoms with E-state index in [0.717, 1.165) is 61.3 Å². The standard InChI is InChI=1S/C28H28N4O/c33-28-24-7-4-8-25-26(24)23(13-14-29-28)27(30-25)21-9-11-22(12-10-21)32-17-15-31(16-18-32)19-20-5-2-1-3-6-20/h1-12,30H,13-19H2,(H,29,33). The molecule has 0 spiro atoms. The highest BCUT2D eigenvalue weighted by Gasteiger charge is 2.22. The minimum absolute atomic E-state index is 0.0201. The van der Waals surface area contributed by atoms with Crippen LogP contribution in [0.4, 0.5) is 5.69 Å². The number of hydrogen-bond acceptors (Lipinski definition) is 3. The number of carbonyl (C=O) groups is 1. The SMILES string of the molecule is O=C1NCCc2c(-c3ccc(N4CCN(Cc5ccccc5)CC4)cc3)[nH]c3cccc1c23. The van der Waals surface area contributed by atoms with Crippen LogP contribution < -0.4 is 10.2 Å². The molecule has 3 aromatic carbocycles. The molecular formula is C28H28N4O. The zero-order valence-electron chi connectivity index (χ0n) is 18.7. The van der Waals surface area contributed by atoms with Crippen molar-refractivity contribution in [2.75, 3.05) is 37.6 Å². The number of aromatic amines is 1. The molecule has 4 aromatic rings. The van der Waals surface area contributed by atoms with Crippen LogP contribution >= 0.6 is 0 Å². The van der Waals surface area contributed by atoms with Crippen LogP contribution in [0.1, 0.15) is 21.5 Å². The number of amides is 1. The van der Waals surface area contributed by atoms with E-state index in [1.54, 1.807) is 0 Å². The van der Waals surface area contributed by atoms with Crippen LogP contribution in [0.25, 0.3) is 22.2 Å². The first-order valence-corrected chi connectivity index (χ1v) is 11.8. The van der Waals surface area contributed by atoms with Crippen molar-refractivity contribution >= 4 is 22.5 Å².